The number of carbonyl (C=O) groups excluding carboxylic acids is 1. The van der Waals surface area contributed by atoms with Crippen molar-refractivity contribution >= 4 is 27.0 Å². The summed E-state index contributed by atoms with van der Waals surface area (Å²) in [4.78, 5) is 20.8. The molecule has 32 heavy (non-hydrogen) atoms. The number of fused-ring (bicyclic) bond motifs is 1. The molecule has 0 radical (unpaired) electrons. The molecule has 0 saturated heterocycles. The zero-order valence-corrected chi connectivity index (χ0v) is 19.4. The molecule has 0 bridgehead atoms. The number of para-hydroxylation sites is 1. The Morgan fingerprint density at radius 2 is 1.84 bits per heavy atom. The number of benzene rings is 2. The first-order valence-corrected chi connectivity index (χ1v) is 11.6. The second-order valence-corrected chi connectivity index (χ2v) is 8.98. The first kappa shape index (κ1) is 23.5. The lowest BCUT2D eigenvalue weighted by Crippen LogP contribution is -2.33. The molecule has 0 aliphatic rings. The summed E-state index contributed by atoms with van der Waals surface area (Å²) in [7, 11) is -0.415. The third-order valence-corrected chi connectivity index (χ3v) is 7.11. The summed E-state index contributed by atoms with van der Waals surface area (Å²) in [6.07, 6.45) is 0. The van der Waals surface area contributed by atoms with E-state index in [2.05, 4.69) is 10.3 Å². The highest BCUT2D eigenvalue weighted by Crippen LogP contribution is 2.21. The summed E-state index contributed by atoms with van der Waals surface area (Å²) < 4.78 is 32.3. The predicted octanol–water partition coefficient (Wildman–Crippen LogP) is 1.56. The molecule has 0 atom stereocenters. The van der Waals surface area contributed by atoms with Gasteiger partial charge in [0.15, 0.2) is 6.61 Å². The summed E-state index contributed by atoms with van der Waals surface area (Å²) in [5.41, 5.74) is 1.68. The lowest BCUT2D eigenvalue weighted by Gasteiger charge is -2.19. The molecule has 3 aromatic rings. The van der Waals surface area contributed by atoms with Crippen molar-refractivity contribution < 1.29 is 22.8 Å². The fourth-order valence-electron chi connectivity index (χ4n) is 3.25. The van der Waals surface area contributed by atoms with Crippen molar-refractivity contribution in [1.82, 2.24) is 24.4 Å². The number of carbonyl (C=O) groups is 1. The molecule has 172 valence electrons. The molecular weight excluding hydrogens is 434 g/mol. The molecule has 1 aromatic heterocycles. The highest BCUT2D eigenvalue weighted by Gasteiger charge is 2.23. The van der Waals surface area contributed by atoms with E-state index in [-0.39, 0.29) is 17.4 Å². The third-order valence-electron chi connectivity index (χ3n) is 5.07. The Balaban J connectivity index is 1.74. The molecule has 11 heteroatoms. The van der Waals surface area contributed by atoms with E-state index in [0.29, 0.717) is 36.4 Å². The molecule has 1 amide bonds. The lowest BCUT2D eigenvalue weighted by molar-refractivity contribution is -0.136. The SMILES string of the molecule is CCN(CC)S(=O)(=O)c1ccc2nnn(OCC(=O)N(C)Cc3ccccc3OC)c2c1. The number of amides is 1. The molecule has 0 saturated carbocycles. The number of hydrogen-bond donors (Lipinski definition) is 0. The second kappa shape index (κ2) is 9.96. The quantitative estimate of drug-likeness (QED) is 0.451. The average molecular weight is 462 g/mol. The van der Waals surface area contributed by atoms with Crippen molar-refractivity contribution in [2.45, 2.75) is 25.3 Å². The van der Waals surface area contributed by atoms with E-state index in [1.807, 2.05) is 24.3 Å². The number of sulfonamides is 1. The number of nitrogens with zero attached hydrogens (tertiary/aromatic N) is 5. The maximum atomic E-state index is 12.8. The second-order valence-electron chi connectivity index (χ2n) is 7.04. The van der Waals surface area contributed by atoms with Gasteiger partial charge in [0.05, 0.1) is 12.0 Å². The standard InChI is InChI=1S/C21H27N5O5S/c1-5-25(6-2)32(28,29)17-11-12-18-19(13-17)26(23-22-18)31-15-21(27)24(3)14-16-9-7-8-10-20(16)30-4/h7-13H,5-6,14-15H2,1-4H3. The van der Waals surface area contributed by atoms with Crippen molar-refractivity contribution in [2.24, 2.45) is 0 Å². The van der Waals surface area contributed by atoms with Crippen molar-refractivity contribution in [3.63, 3.8) is 0 Å². The van der Waals surface area contributed by atoms with E-state index >= 15 is 0 Å². The summed E-state index contributed by atoms with van der Waals surface area (Å²) in [5.74, 6) is 0.406. The Morgan fingerprint density at radius 3 is 2.53 bits per heavy atom. The normalized spacial score (nSPS) is 11.7. The van der Waals surface area contributed by atoms with E-state index in [4.69, 9.17) is 9.57 Å². The van der Waals surface area contributed by atoms with E-state index < -0.39 is 10.0 Å². The molecule has 10 nitrogen and oxygen atoms in total. The van der Waals surface area contributed by atoms with Gasteiger partial charge in [-0.15, -0.1) is 5.10 Å². The van der Waals surface area contributed by atoms with Gasteiger partial charge in [0.25, 0.3) is 5.91 Å². The molecule has 0 N–H and O–H groups in total. The van der Waals surface area contributed by atoms with Crippen LogP contribution in [0.15, 0.2) is 47.4 Å². The minimum absolute atomic E-state index is 0.112. The number of ether oxygens (including phenoxy) is 1. The van der Waals surface area contributed by atoms with Gasteiger partial charge in [-0.3, -0.25) is 4.79 Å². The maximum absolute atomic E-state index is 12.8. The number of rotatable bonds is 10. The molecule has 0 fully saturated rings. The lowest BCUT2D eigenvalue weighted by atomic mass is 10.2. The van der Waals surface area contributed by atoms with Crippen molar-refractivity contribution in [3.05, 3.63) is 48.0 Å². The molecule has 2 aromatic carbocycles. The monoisotopic (exact) mass is 461 g/mol. The Hall–Kier alpha value is -3.18. The molecule has 3 rings (SSSR count). The van der Waals surface area contributed by atoms with Gasteiger partial charge in [-0.2, -0.15) is 4.31 Å². The summed E-state index contributed by atoms with van der Waals surface area (Å²) in [5, 5.41) is 7.87. The first-order valence-electron chi connectivity index (χ1n) is 10.2. The molecule has 0 spiro atoms. The van der Waals surface area contributed by atoms with Crippen LogP contribution in [0.4, 0.5) is 0 Å². The highest BCUT2D eigenvalue weighted by atomic mass is 32.2. The van der Waals surface area contributed by atoms with Crippen LogP contribution in [0.25, 0.3) is 11.0 Å². The summed E-state index contributed by atoms with van der Waals surface area (Å²) in [6.45, 7) is 4.33. The van der Waals surface area contributed by atoms with Gasteiger partial charge in [0, 0.05) is 32.2 Å². The average Bonchev–Trinajstić information content (AvgIpc) is 3.20. The van der Waals surface area contributed by atoms with E-state index in [9.17, 15) is 13.2 Å². The zero-order chi connectivity index (χ0) is 23.3. The van der Waals surface area contributed by atoms with Gasteiger partial charge >= 0.3 is 0 Å². The molecule has 0 unspecified atom stereocenters. The van der Waals surface area contributed by atoms with Gasteiger partial charge in [0.1, 0.15) is 16.8 Å². The molecule has 0 aliphatic heterocycles. The van der Waals surface area contributed by atoms with Gasteiger partial charge in [-0.25, -0.2) is 8.42 Å². The highest BCUT2D eigenvalue weighted by molar-refractivity contribution is 7.89. The van der Waals surface area contributed by atoms with E-state index in [1.165, 1.54) is 21.3 Å². The van der Waals surface area contributed by atoms with Crippen LogP contribution in [0.2, 0.25) is 0 Å². The van der Waals surface area contributed by atoms with Gasteiger partial charge in [-0.1, -0.05) is 36.9 Å². The van der Waals surface area contributed by atoms with Gasteiger partial charge in [-0.05, 0) is 29.5 Å². The number of likely N-dealkylation sites (N-methyl/N-ethyl adjacent to an activating group) is 1. The summed E-state index contributed by atoms with van der Waals surface area (Å²) >= 11 is 0. The Labute approximate surface area is 187 Å². The minimum Gasteiger partial charge on any atom is -0.496 e. The van der Waals surface area contributed by atoms with E-state index in [0.717, 1.165) is 10.4 Å². The fourth-order valence-corrected chi connectivity index (χ4v) is 4.73. The topological polar surface area (TPSA) is 107 Å². The Bertz CT molecular complexity index is 1190. The van der Waals surface area contributed by atoms with Crippen LogP contribution in [0, 0.1) is 0 Å². The van der Waals surface area contributed by atoms with Crippen LogP contribution < -0.4 is 9.57 Å². The largest absolute Gasteiger partial charge is 0.496 e. The minimum atomic E-state index is -3.65. The van der Waals surface area contributed by atoms with Crippen LogP contribution >= 0.6 is 0 Å². The Kier molecular flexibility index (Phi) is 7.31. The van der Waals surface area contributed by atoms with Crippen molar-refractivity contribution in [2.75, 3.05) is 33.9 Å². The number of methoxy groups -OCH3 is 1. The smallest absolute Gasteiger partial charge is 0.263 e. The van der Waals surface area contributed by atoms with E-state index in [1.54, 1.807) is 34.1 Å². The summed E-state index contributed by atoms with van der Waals surface area (Å²) in [6, 6.07) is 11.9. The maximum Gasteiger partial charge on any atom is 0.263 e. The van der Waals surface area contributed by atoms with Crippen molar-refractivity contribution in [3.8, 4) is 5.75 Å². The van der Waals surface area contributed by atoms with Crippen molar-refractivity contribution in [1.29, 1.82) is 0 Å². The van der Waals surface area contributed by atoms with Gasteiger partial charge in [0.2, 0.25) is 10.0 Å². The number of hydrogen-bond acceptors (Lipinski definition) is 7. The fraction of sp³-hybridized carbons (Fsp3) is 0.381. The molecule has 0 aliphatic carbocycles. The molecular formula is C21H27N5O5S. The Morgan fingerprint density at radius 1 is 1.12 bits per heavy atom. The van der Waals surface area contributed by atoms with Crippen LogP contribution in [0.3, 0.4) is 0 Å². The predicted molar refractivity (Wildman–Crippen MR) is 119 cm³/mol. The van der Waals surface area contributed by atoms with Crippen LogP contribution in [-0.2, 0) is 21.4 Å². The van der Waals surface area contributed by atoms with Crippen LogP contribution in [-0.4, -0.2) is 72.5 Å². The third kappa shape index (κ3) is 4.83. The number of aromatic nitrogens is 3. The van der Waals surface area contributed by atoms with Crippen LogP contribution in [0.5, 0.6) is 5.75 Å². The first-order chi connectivity index (χ1) is 15.3. The molecule has 1 heterocycles. The zero-order valence-electron chi connectivity index (χ0n) is 18.6. The van der Waals surface area contributed by atoms with Crippen LogP contribution in [0.1, 0.15) is 19.4 Å². The van der Waals surface area contributed by atoms with Gasteiger partial charge < -0.3 is 14.5 Å².